The summed E-state index contributed by atoms with van der Waals surface area (Å²) in [6.07, 6.45) is 0. The molecule has 21 heavy (non-hydrogen) atoms. The number of aryl methyl sites for hydroxylation is 1. The van der Waals surface area contributed by atoms with Gasteiger partial charge in [0.15, 0.2) is 0 Å². The second-order valence-corrected chi connectivity index (χ2v) is 6.32. The quantitative estimate of drug-likeness (QED) is 0.835. The van der Waals surface area contributed by atoms with Gasteiger partial charge in [0.05, 0.1) is 18.1 Å². The first kappa shape index (κ1) is 17.2. The summed E-state index contributed by atoms with van der Waals surface area (Å²) in [6, 6.07) is 5.00. The summed E-state index contributed by atoms with van der Waals surface area (Å²) in [7, 11) is 1.33. The Morgan fingerprint density at radius 3 is 2.19 bits per heavy atom. The first-order chi connectivity index (χ1) is 9.50. The largest absolute Gasteiger partial charge is 0.465 e. The van der Waals surface area contributed by atoms with Gasteiger partial charge in [0.25, 0.3) is 0 Å². The number of ether oxygens (including phenoxy) is 1. The van der Waals surface area contributed by atoms with Gasteiger partial charge in [0.1, 0.15) is 0 Å². The predicted octanol–water partition coefficient (Wildman–Crippen LogP) is 2.48. The smallest absolute Gasteiger partial charge is 0.337 e. The van der Waals surface area contributed by atoms with Crippen molar-refractivity contribution in [2.45, 2.75) is 40.2 Å². The molecule has 0 atom stereocenters. The maximum atomic E-state index is 12.4. The first-order valence-electron chi connectivity index (χ1n) is 6.80. The van der Waals surface area contributed by atoms with Crippen molar-refractivity contribution in [1.82, 2.24) is 0 Å². The van der Waals surface area contributed by atoms with E-state index in [0.29, 0.717) is 11.3 Å². The van der Waals surface area contributed by atoms with Crippen LogP contribution in [-0.4, -0.2) is 24.5 Å². The molecule has 1 amide bonds. The molecule has 1 rings (SSSR count). The molecule has 0 unspecified atom stereocenters. The highest BCUT2D eigenvalue weighted by molar-refractivity contribution is 5.97. The molecule has 0 fully saturated rings. The van der Waals surface area contributed by atoms with Gasteiger partial charge in [-0.05, 0) is 58.4 Å². The summed E-state index contributed by atoms with van der Waals surface area (Å²) in [5.74, 6) is -0.566. The van der Waals surface area contributed by atoms with Gasteiger partial charge in [-0.2, -0.15) is 0 Å². The number of rotatable bonds is 4. The third-order valence-corrected chi connectivity index (χ3v) is 4.07. The molecule has 1 aromatic rings. The molecule has 0 aromatic heterocycles. The maximum absolute atomic E-state index is 12.4. The third kappa shape index (κ3) is 3.61. The van der Waals surface area contributed by atoms with Crippen LogP contribution in [0.2, 0.25) is 0 Å². The molecular weight excluding hydrogens is 268 g/mol. The molecule has 0 bridgehead atoms. The Morgan fingerprint density at radius 1 is 1.19 bits per heavy atom. The number of nitrogens with two attached hydrogens (primary N) is 1. The fourth-order valence-electron chi connectivity index (χ4n) is 1.62. The average molecular weight is 292 g/mol. The molecule has 116 valence electrons. The van der Waals surface area contributed by atoms with E-state index in [0.717, 1.165) is 5.56 Å². The molecule has 0 aliphatic carbocycles. The van der Waals surface area contributed by atoms with Crippen LogP contribution in [0.15, 0.2) is 18.2 Å². The number of anilines is 1. The molecule has 0 saturated heterocycles. The molecule has 5 heteroatoms. The molecule has 0 aliphatic heterocycles. The summed E-state index contributed by atoms with van der Waals surface area (Å²) in [5.41, 5.74) is 6.57. The van der Waals surface area contributed by atoms with Crippen LogP contribution in [-0.2, 0) is 9.53 Å². The summed E-state index contributed by atoms with van der Waals surface area (Å²) in [4.78, 5) is 23.9. The zero-order chi connectivity index (χ0) is 16.4. The monoisotopic (exact) mass is 292 g/mol. The summed E-state index contributed by atoms with van der Waals surface area (Å²) in [5, 5.41) is 2.87. The van der Waals surface area contributed by atoms with E-state index in [4.69, 9.17) is 5.73 Å². The maximum Gasteiger partial charge on any atom is 0.337 e. The normalized spacial score (nSPS) is 12.0. The minimum atomic E-state index is -0.736. The number of nitrogens with one attached hydrogen (secondary N) is 1. The number of esters is 1. The number of benzene rings is 1. The average Bonchev–Trinajstić information content (AvgIpc) is 2.38. The van der Waals surface area contributed by atoms with Crippen molar-refractivity contribution in [3.63, 3.8) is 0 Å². The van der Waals surface area contributed by atoms with Crippen LogP contribution in [0.3, 0.4) is 0 Å². The van der Waals surface area contributed by atoms with E-state index in [-0.39, 0.29) is 5.91 Å². The first-order valence-corrected chi connectivity index (χ1v) is 6.80. The van der Waals surface area contributed by atoms with E-state index in [1.54, 1.807) is 32.0 Å². The predicted molar refractivity (Wildman–Crippen MR) is 83.2 cm³/mol. The highest BCUT2D eigenvalue weighted by Gasteiger charge is 2.40. The van der Waals surface area contributed by atoms with Crippen molar-refractivity contribution >= 4 is 17.6 Å². The van der Waals surface area contributed by atoms with Crippen molar-refractivity contribution < 1.29 is 14.3 Å². The second-order valence-electron chi connectivity index (χ2n) is 6.32. The molecule has 5 nitrogen and oxygen atoms in total. The minimum Gasteiger partial charge on any atom is -0.465 e. The highest BCUT2D eigenvalue weighted by atomic mass is 16.5. The van der Waals surface area contributed by atoms with E-state index < -0.39 is 16.9 Å². The van der Waals surface area contributed by atoms with Crippen LogP contribution in [0.4, 0.5) is 5.69 Å². The topological polar surface area (TPSA) is 81.4 Å². The lowest BCUT2D eigenvalue weighted by Gasteiger charge is -2.37. The Hall–Kier alpha value is -1.88. The lowest BCUT2D eigenvalue weighted by Crippen LogP contribution is -2.53. The van der Waals surface area contributed by atoms with E-state index in [1.807, 2.05) is 20.8 Å². The molecule has 1 aromatic carbocycles. The number of carbonyl (C=O) groups is 2. The van der Waals surface area contributed by atoms with Gasteiger partial charge in [-0.25, -0.2) is 4.79 Å². The molecule has 3 N–H and O–H groups in total. The molecule has 0 radical (unpaired) electrons. The number of methoxy groups -OCH3 is 1. The van der Waals surface area contributed by atoms with E-state index >= 15 is 0 Å². The van der Waals surface area contributed by atoms with Crippen molar-refractivity contribution in [3.8, 4) is 0 Å². The second kappa shape index (κ2) is 5.85. The Balaban J connectivity index is 3.00. The summed E-state index contributed by atoms with van der Waals surface area (Å²) in [6.45, 7) is 9.07. The van der Waals surface area contributed by atoms with Crippen LogP contribution >= 0.6 is 0 Å². The van der Waals surface area contributed by atoms with Crippen molar-refractivity contribution in [3.05, 3.63) is 29.3 Å². The van der Waals surface area contributed by atoms with Crippen LogP contribution in [0.1, 0.15) is 43.6 Å². The van der Waals surface area contributed by atoms with E-state index in [9.17, 15) is 9.59 Å². The zero-order valence-electron chi connectivity index (χ0n) is 13.5. The lowest BCUT2D eigenvalue weighted by molar-refractivity contribution is -0.126. The zero-order valence-corrected chi connectivity index (χ0v) is 13.5. The van der Waals surface area contributed by atoms with Gasteiger partial charge in [-0.1, -0.05) is 0 Å². The third-order valence-electron chi connectivity index (χ3n) is 4.07. The van der Waals surface area contributed by atoms with E-state index in [2.05, 4.69) is 10.1 Å². The molecule has 0 spiro atoms. The van der Waals surface area contributed by atoms with Crippen molar-refractivity contribution in [1.29, 1.82) is 0 Å². The summed E-state index contributed by atoms with van der Waals surface area (Å²) < 4.78 is 4.67. The lowest BCUT2D eigenvalue weighted by atomic mass is 9.74. The Bertz CT molecular complexity index is 557. The molecule has 0 saturated carbocycles. The van der Waals surface area contributed by atoms with Gasteiger partial charge in [-0.3, -0.25) is 4.79 Å². The number of amides is 1. The van der Waals surface area contributed by atoms with Gasteiger partial charge in [0.2, 0.25) is 5.91 Å². The molecular formula is C16H24N2O3. The number of hydrogen-bond acceptors (Lipinski definition) is 4. The standard InChI is InChI=1S/C16H24N2O3/c1-10-9-11(13(19)21-6)7-8-12(10)18-14(20)15(2,3)16(4,5)17/h7-9H,17H2,1-6H3,(H,18,20). The SMILES string of the molecule is COC(=O)c1ccc(NC(=O)C(C)(C)C(C)(C)N)c(C)c1. The molecule has 0 heterocycles. The van der Waals surface area contributed by atoms with E-state index in [1.165, 1.54) is 7.11 Å². The van der Waals surface area contributed by atoms with Crippen molar-refractivity contribution in [2.75, 3.05) is 12.4 Å². The van der Waals surface area contributed by atoms with Gasteiger partial charge < -0.3 is 15.8 Å². The summed E-state index contributed by atoms with van der Waals surface area (Å²) >= 11 is 0. The van der Waals surface area contributed by atoms with Crippen LogP contribution < -0.4 is 11.1 Å². The number of hydrogen-bond donors (Lipinski definition) is 2. The van der Waals surface area contributed by atoms with Crippen LogP contribution in [0.5, 0.6) is 0 Å². The van der Waals surface area contributed by atoms with Gasteiger partial charge in [-0.15, -0.1) is 0 Å². The highest BCUT2D eigenvalue weighted by Crippen LogP contribution is 2.30. The molecule has 0 aliphatic rings. The van der Waals surface area contributed by atoms with Gasteiger partial charge in [0, 0.05) is 11.2 Å². The fraction of sp³-hybridized carbons (Fsp3) is 0.500. The van der Waals surface area contributed by atoms with Crippen LogP contribution in [0.25, 0.3) is 0 Å². The Morgan fingerprint density at radius 2 is 1.76 bits per heavy atom. The van der Waals surface area contributed by atoms with Crippen LogP contribution in [0, 0.1) is 12.3 Å². The fourth-order valence-corrected chi connectivity index (χ4v) is 1.62. The van der Waals surface area contributed by atoms with Crippen molar-refractivity contribution in [2.24, 2.45) is 11.1 Å². The minimum absolute atomic E-state index is 0.163. The Labute approximate surface area is 125 Å². The Kier molecular flexibility index (Phi) is 4.79. The number of carbonyl (C=O) groups excluding carboxylic acids is 2. The van der Waals surface area contributed by atoms with Gasteiger partial charge >= 0.3 is 5.97 Å².